The largest absolute Gasteiger partial charge is 0.345 e. The van der Waals surface area contributed by atoms with Crippen molar-refractivity contribution < 1.29 is 9.18 Å². The van der Waals surface area contributed by atoms with Gasteiger partial charge in [0.15, 0.2) is 0 Å². The van der Waals surface area contributed by atoms with Gasteiger partial charge in [-0.3, -0.25) is 20.2 Å². The lowest BCUT2D eigenvalue weighted by Crippen LogP contribution is -2.39. The van der Waals surface area contributed by atoms with Crippen molar-refractivity contribution >= 4 is 17.4 Å². The molecule has 1 amide bonds. The normalized spacial score (nSPS) is 18.9. The lowest BCUT2D eigenvalue weighted by atomic mass is 10.0. The van der Waals surface area contributed by atoms with Crippen molar-refractivity contribution in [1.29, 1.82) is 0 Å². The Balaban J connectivity index is 1.35. The number of fused-ring (bicyclic) bond motifs is 1. The van der Waals surface area contributed by atoms with Crippen molar-refractivity contribution in [3.8, 4) is 0 Å². The van der Waals surface area contributed by atoms with Crippen molar-refractivity contribution in [2.45, 2.75) is 72.9 Å². The molecule has 37 heavy (non-hydrogen) atoms. The maximum Gasteiger partial charge on any atom is 0.270 e. The fourth-order valence-electron chi connectivity index (χ4n) is 4.51. The number of nitrogens with one attached hydrogen (secondary N) is 3. The third kappa shape index (κ3) is 6.46. The maximum absolute atomic E-state index is 14.9. The molecule has 1 aliphatic carbocycles. The van der Waals surface area contributed by atoms with Crippen molar-refractivity contribution in [3.05, 3.63) is 70.8 Å². The number of carbonyl (C=O) groups excluding carboxylic acids is 1. The number of aryl methyl sites for hydroxylation is 1. The molecule has 0 unspecified atom stereocenters. The molecular weight excluding hydrogens is 469 g/mol. The van der Waals surface area contributed by atoms with Crippen LogP contribution in [-0.2, 0) is 17.9 Å². The number of hydrazine groups is 2. The van der Waals surface area contributed by atoms with Gasteiger partial charge in [0, 0.05) is 18.5 Å². The number of hydrogen-bond donors (Lipinski definition) is 3. The first kappa shape index (κ1) is 26.6. The number of allylic oxidation sites excluding steroid dienone is 6. The van der Waals surface area contributed by atoms with E-state index in [1.165, 1.54) is 18.4 Å². The summed E-state index contributed by atoms with van der Waals surface area (Å²) in [6, 6.07) is 0. The summed E-state index contributed by atoms with van der Waals surface area (Å²) in [5, 5.41) is 4.63. The van der Waals surface area contributed by atoms with Crippen molar-refractivity contribution in [3.63, 3.8) is 0 Å². The number of carbonyl (C=O) groups is 1. The van der Waals surface area contributed by atoms with E-state index in [0.717, 1.165) is 23.4 Å². The average Bonchev–Trinajstić information content (AvgIpc) is 3.49. The third-order valence-electron chi connectivity index (χ3n) is 6.96. The smallest absolute Gasteiger partial charge is 0.270 e. The van der Waals surface area contributed by atoms with Crippen LogP contribution in [0.2, 0.25) is 0 Å². The summed E-state index contributed by atoms with van der Waals surface area (Å²) in [6.07, 6.45) is 16.6. The monoisotopic (exact) mass is 507 g/mol. The van der Waals surface area contributed by atoms with Crippen LogP contribution in [0.4, 0.5) is 4.39 Å². The Morgan fingerprint density at radius 2 is 2.08 bits per heavy atom. The molecule has 0 saturated heterocycles. The minimum Gasteiger partial charge on any atom is -0.345 e. The molecular formula is C28H38FN7O. The van der Waals surface area contributed by atoms with Gasteiger partial charge in [-0.15, -0.1) is 5.53 Å². The highest BCUT2D eigenvalue weighted by Crippen LogP contribution is 2.37. The van der Waals surface area contributed by atoms with Gasteiger partial charge in [-0.1, -0.05) is 32.1 Å². The predicted octanol–water partition coefficient (Wildman–Crippen LogP) is 4.83. The molecule has 0 bridgehead atoms. The molecule has 4 rings (SSSR count). The van der Waals surface area contributed by atoms with Gasteiger partial charge in [-0.05, 0) is 69.1 Å². The van der Waals surface area contributed by atoms with Crippen LogP contribution >= 0.6 is 0 Å². The van der Waals surface area contributed by atoms with Gasteiger partial charge >= 0.3 is 0 Å². The zero-order chi connectivity index (χ0) is 26.4. The zero-order valence-electron chi connectivity index (χ0n) is 22.3. The van der Waals surface area contributed by atoms with Crippen molar-refractivity contribution in [1.82, 2.24) is 30.8 Å². The van der Waals surface area contributed by atoms with Gasteiger partial charge in [-0.2, -0.15) is 0 Å². The van der Waals surface area contributed by atoms with Crippen molar-refractivity contribution in [2.75, 3.05) is 6.54 Å². The average molecular weight is 508 g/mol. The number of amides is 1. The Hall–Kier alpha value is -3.46. The lowest BCUT2D eigenvalue weighted by Gasteiger charge is -2.18. The highest BCUT2D eigenvalue weighted by molar-refractivity contribution is 5.96. The SMILES string of the molecule is C\C=C(CN1C=C(C(=O)NCc2ncn3c2C(F)=C(CC)CC3)NN1)/N=C(/C=C\C(=C/C)C1CC1)CC. The van der Waals surface area contributed by atoms with E-state index in [4.69, 9.17) is 4.99 Å². The molecule has 8 nitrogen and oxygen atoms in total. The second-order valence-electron chi connectivity index (χ2n) is 9.48. The summed E-state index contributed by atoms with van der Waals surface area (Å²) in [6.45, 7) is 9.45. The molecule has 2 aliphatic heterocycles. The Labute approximate surface area is 218 Å². The Kier molecular flexibility index (Phi) is 8.76. The predicted molar refractivity (Wildman–Crippen MR) is 145 cm³/mol. The fraction of sp³-hybridized carbons (Fsp3) is 0.464. The van der Waals surface area contributed by atoms with Crippen LogP contribution in [0.3, 0.4) is 0 Å². The number of aliphatic imine (C=N–C) groups is 1. The number of imidazole rings is 1. The molecule has 0 aromatic carbocycles. The van der Waals surface area contributed by atoms with Gasteiger partial charge < -0.3 is 9.88 Å². The van der Waals surface area contributed by atoms with E-state index in [1.807, 2.05) is 24.5 Å². The summed E-state index contributed by atoms with van der Waals surface area (Å²) in [7, 11) is 0. The van der Waals surface area contributed by atoms with Gasteiger partial charge in [0.2, 0.25) is 0 Å². The van der Waals surface area contributed by atoms with Crippen molar-refractivity contribution in [2.24, 2.45) is 10.9 Å². The molecule has 1 fully saturated rings. The molecule has 3 heterocycles. The van der Waals surface area contributed by atoms with Crippen LogP contribution in [0, 0.1) is 5.92 Å². The van der Waals surface area contributed by atoms with Gasteiger partial charge in [-0.25, -0.2) is 9.37 Å². The summed E-state index contributed by atoms with van der Waals surface area (Å²) in [5.41, 5.74) is 11.4. The standard InChI is InChI=1S/C28H38FN7O/c1-5-19(21-9-10-21)11-12-22(7-3)32-23(8-4)16-36-17-25(33-34-36)28(37)30-15-24-27-26(29)20(6-2)13-14-35(27)18-31-24/h5,8,11-12,17-18,21,33-34H,6-7,9-10,13-16H2,1-4H3,(H,30,37)/b12-11-,19-5+,23-8-,32-22+. The molecule has 198 valence electrons. The first-order chi connectivity index (χ1) is 18.0. The van der Waals surface area contributed by atoms with Crippen LogP contribution < -0.4 is 16.3 Å². The van der Waals surface area contributed by atoms with Crippen LogP contribution in [0.25, 0.3) is 5.83 Å². The summed E-state index contributed by atoms with van der Waals surface area (Å²) in [4.78, 5) is 21.9. The number of nitrogens with zero attached hydrogens (tertiary/aromatic N) is 4. The summed E-state index contributed by atoms with van der Waals surface area (Å²) < 4.78 is 16.7. The number of halogens is 1. The first-order valence-electron chi connectivity index (χ1n) is 13.2. The van der Waals surface area contributed by atoms with Crippen LogP contribution in [0.1, 0.15) is 71.2 Å². The van der Waals surface area contributed by atoms with Gasteiger partial charge in [0.25, 0.3) is 5.91 Å². The van der Waals surface area contributed by atoms with E-state index in [9.17, 15) is 9.18 Å². The quantitative estimate of drug-likeness (QED) is 0.295. The molecule has 1 aromatic heterocycles. The van der Waals surface area contributed by atoms with E-state index in [1.54, 1.807) is 17.5 Å². The lowest BCUT2D eigenvalue weighted by molar-refractivity contribution is -0.118. The van der Waals surface area contributed by atoms with E-state index in [0.29, 0.717) is 48.9 Å². The minimum atomic E-state index is -0.297. The number of aromatic nitrogens is 2. The van der Waals surface area contributed by atoms with Gasteiger partial charge in [0.1, 0.15) is 17.2 Å². The molecule has 1 aromatic rings. The molecule has 0 spiro atoms. The molecule has 0 radical (unpaired) electrons. The molecule has 0 atom stereocenters. The van der Waals surface area contributed by atoms with Gasteiger partial charge in [0.05, 0.1) is 30.8 Å². The Bertz CT molecular complexity index is 1200. The van der Waals surface area contributed by atoms with E-state index < -0.39 is 0 Å². The Morgan fingerprint density at radius 1 is 1.27 bits per heavy atom. The Morgan fingerprint density at radius 3 is 2.76 bits per heavy atom. The molecule has 3 N–H and O–H groups in total. The third-order valence-corrected chi connectivity index (χ3v) is 6.96. The second-order valence-corrected chi connectivity index (χ2v) is 9.48. The second kappa shape index (κ2) is 12.2. The summed E-state index contributed by atoms with van der Waals surface area (Å²) in [5.74, 6) is 0.199. The highest BCUT2D eigenvalue weighted by atomic mass is 19.1. The van der Waals surface area contributed by atoms with E-state index in [2.05, 4.69) is 53.3 Å². The number of hydrogen-bond acceptors (Lipinski definition) is 6. The first-order valence-corrected chi connectivity index (χ1v) is 13.2. The topological polar surface area (TPSA) is 86.6 Å². The van der Waals surface area contributed by atoms with Crippen LogP contribution in [0.15, 0.2) is 64.4 Å². The number of rotatable bonds is 11. The zero-order valence-corrected chi connectivity index (χ0v) is 22.3. The maximum atomic E-state index is 14.9. The molecule has 9 heteroatoms. The van der Waals surface area contributed by atoms with Crippen LogP contribution in [-0.4, -0.2) is 32.7 Å². The van der Waals surface area contributed by atoms with E-state index >= 15 is 0 Å². The molecule has 1 saturated carbocycles. The summed E-state index contributed by atoms with van der Waals surface area (Å²) >= 11 is 0. The van der Waals surface area contributed by atoms with E-state index in [-0.39, 0.29) is 18.3 Å². The highest BCUT2D eigenvalue weighted by Gasteiger charge is 2.25. The fourth-order valence-corrected chi connectivity index (χ4v) is 4.51. The minimum absolute atomic E-state index is 0.149. The molecule has 3 aliphatic rings. The van der Waals surface area contributed by atoms with Crippen LogP contribution in [0.5, 0.6) is 0 Å².